The fourth-order valence-electron chi connectivity index (χ4n) is 2.58. The lowest BCUT2D eigenvalue weighted by Gasteiger charge is -2.19. The van der Waals surface area contributed by atoms with Crippen molar-refractivity contribution in [1.82, 2.24) is 9.80 Å². The molecule has 4 amide bonds. The number of benzene rings is 2. The van der Waals surface area contributed by atoms with Crippen LogP contribution < -0.4 is 5.32 Å². The van der Waals surface area contributed by atoms with E-state index in [1.54, 1.807) is 37.4 Å². The zero-order valence-electron chi connectivity index (χ0n) is 14.6. The minimum absolute atomic E-state index is 0.177. The summed E-state index contributed by atoms with van der Waals surface area (Å²) in [5, 5.41) is 3.20. The van der Waals surface area contributed by atoms with Gasteiger partial charge in [0.15, 0.2) is 0 Å². The smallest absolute Gasteiger partial charge is 0.321 e. The van der Waals surface area contributed by atoms with Gasteiger partial charge in [0, 0.05) is 24.3 Å². The predicted octanol–water partition coefficient (Wildman–Crippen LogP) is 4.20. The first-order valence-electron chi connectivity index (χ1n) is 8.25. The molecule has 0 spiro atoms. The van der Waals surface area contributed by atoms with Crippen molar-refractivity contribution in [3.05, 3.63) is 64.7 Å². The van der Waals surface area contributed by atoms with Crippen molar-refractivity contribution < 1.29 is 14.4 Å². The topological polar surface area (TPSA) is 69.7 Å². The average molecular weight is 404 g/mol. The minimum Gasteiger partial charge on any atom is -0.323 e. The van der Waals surface area contributed by atoms with Gasteiger partial charge in [0.1, 0.15) is 0 Å². The Morgan fingerprint density at radius 1 is 1.19 bits per heavy atom. The number of anilines is 1. The molecule has 1 saturated heterocycles. The summed E-state index contributed by atoms with van der Waals surface area (Å²) in [5.74, 6) is 0.0219. The summed E-state index contributed by atoms with van der Waals surface area (Å²) in [7, 11) is 1.69. The number of carbonyl (C=O) groups excluding carboxylic acids is 3. The lowest BCUT2D eigenvalue weighted by Crippen LogP contribution is -2.31. The number of amides is 4. The summed E-state index contributed by atoms with van der Waals surface area (Å²) in [4.78, 5) is 38.4. The minimum atomic E-state index is -0.260. The molecule has 1 N–H and O–H groups in total. The maximum absolute atomic E-state index is 12.3. The van der Waals surface area contributed by atoms with Crippen LogP contribution in [0.3, 0.4) is 0 Å². The Balaban J connectivity index is 1.57. The highest BCUT2D eigenvalue weighted by Gasteiger charge is 2.29. The molecule has 1 aliphatic heterocycles. The number of thioether (sulfide) groups is 1. The molecule has 0 unspecified atom stereocenters. The molecule has 0 bridgehead atoms. The van der Waals surface area contributed by atoms with Crippen LogP contribution in [-0.4, -0.2) is 39.8 Å². The Morgan fingerprint density at radius 2 is 1.89 bits per heavy atom. The summed E-state index contributed by atoms with van der Waals surface area (Å²) in [6.45, 7) is 0.631. The maximum atomic E-state index is 12.3. The van der Waals surface area contributed by atoms with Crippen molar-refractivity contribution >= 4 is 46.2 Å². The monoisotopic (exact) mass is 403 g/mol. The van der Waals surface area contributed by atoms with Crippen molar-refractivity contribution in [3.8, 4) is 0 Å². The molecule has 140 valence electrons. The molecular weight excluding hydrogens is 386 g/mol. The maximum Gasteiger partial charge on any atom is 0.321 e. The van der Waals surface area contributed by atoms with Crippen LogP contribution in [0.25, 0.3) is 0 Å². The molecule has 0 aliphatic carbocycles. The molecule has 1 fully saturated rings. The fraction of sp³-hybridized carbons (Fsp3) is 0.211. The van der Waals surface area contributed by atoms with E-state index >= 15 is 0 Å². The van der Waals surface area contributed by atoms with E-state index in [1.165, 1.54) is 9.80 Å². The highest BCUT2D eigenvalue weighted by molar-refractivity contribution is 8.14. The molecule has 2 aromatic rings. The van der Waals surface area contributed by atoms with E-state index in [2.05, 4.69) is 5.32 Å². The van der Waals surface area contributed by atoms with Crippen molar-refractivity contribution in [2.75, 3.05) is 18.1 Å². The summed E-state index contributed by atoms with van der Waals surface area (Å²) in [5.41, 5.74) is 2.31. The van der Waals surface area contributed by atoms with Crippen LogP contribution in [0.2, 0.25) is 5.02 Å². The molecular formula is C19H18ClN3O3S. The first-order chi connectivity index (χ1) is 12.9. The van der Waals surface area contributed by atoms with Crippen LogP contribution in [-0.2, 0) is 17.9 Å². The lowest BCUT2D eigenvalue weighted by molar-refractivity contribution is -0.125. The molecule has 6 nitrogen and oxygen atoms in total. The Morgan fingerprint density at radius 3 is 2.52 bits per heavy atom. The van der Waals surface area contributed by atoms with Gasteiger partial charge in [0.25, 0.3) is 5.24 Å². The van der Waals surface area contributed by atoms with Crippen LogP contribution in [0.5, 0.6) is 0 Å². The number of hydrogen-bond donors (Lipinski definition) is 1. The van der Waals surface area contributed by atoms with Gasteiger partial charge >= 0.3 is 6.03 Å². The number of nitrogens with zero attached hydrogens (tertiary/aromatic N) is 2. The summed E-state index contributed by atoms with van der Waals surface area (Å²) >= 11 is 7.14. The van der Waals surface area contributed by atoms with Crippen LogP contribution >= 0.6 is 23.4 Å². The zero-order valence-corrected chi connectivity index (χ0v) is 16.2. The molecule has 1 aliphatic rings. The molecule has 27 heavy (non-hydrogen) atoms. The van der Waals surface area contributed by atoms with Crippen molar-refractivity contribution in [3.63, 3.8) is 0 Å². The number of hydrogen-bond acceptors (Lipinski definition) is 4. The number of rotatable bonds is 5. The normalized spacial score (nSPS) is 13.8. The standard InChI is InChI=1S/C19H18ClN3O3S/c1-22(11-14-4-2-3-5-16(14)20)18(25)21-15-8-6-13(7-9-15)10-23-17(24)12-27-19(23)26/h2-9H,10-12H2,1H3,(H,21,25). The molecule has 0 radical (unpaired) electrons. The van der Waals surface area contributed by atoms with E-state index in [1.807, 2.05) is 18.2 Å². The molecule has 1 heterocycles. The quantitative estimate of drug-likeness (QED) is 0.812. The Labute approximate surface area is 166 Å². The molecule has 0 atom stereocenters. The van der Waals surface area contributed by atoms with Crippen LogP contribution in [0.1, 0.15) is 11.1 Å². The lowest BCUT2D eigenvalue weighted by atomic mass is 10.2. The van der Waals surface area contributed by atoms with E-state index in [4.69, 9.17) is 11.6 Å². The fourth-order valence-corrected chi connectivity index (χ4v) is 3.50. The van der Waals surface area contributed by atoms with E-state index in [0.29, 0.717) is 17.3 Å². The number of carbonyl (C=O) groups is 3. The highest BCUT2D eigenvalue weighted by Crippen LogP contribution is 2.22. The van der Waals surface area contributed by atoms with Gasteiger partial charge in [-0.05, 0) is 29.3 Å². The van der Waals surface area contributed by atoms with Gasteiger partial charge in [-0.1, -0.05) is 53.7 Å². The van der Waals surface area contributed by atoms with E-state index < -0.39 is 0 Å². The van der Waals surface area contributed by atoms with E-state index in [9.17, 15) is 14.4 Å². The third kappa shape index (κ3) is 4.81. The summed E-state index contributed by atoms with van der Waals surface area (Å²) in [6, 6.07) is 14.2. The number of imide groups is 1. The van der Waals surface area contributed by atoms with Gasteiger partial charge in [-0.2, -0.15) is 0 Å². The van der Waals surface area contributed by atoms with Gasteiger partial charge in [-0.3, -0.25) is 14.5 Å². The second-order valence-corrected chi connectivity index (χ2v) is 7.44. The van der Waals surface area contributed by atoms with Crippen LogP contribution in [0.15, 0.2) is 48.5 Å². The number of urea groups is 1. The third-order valence-electron chi connectivity index (χ3n) is 4.10. The molecule has 0 aromatic heterocycles. The Kier molecular flexibility index (Phi) is 6.03. The third-order valence-corrected chi connectivity index (χ3v) is 5.33. The average Bonchev–Trinajstić information content (AvgIpc) is 2.97. The van der Waals surface area contributed by atoms with Crippen molar-refractivity contribution in [2.45, 2.75) is 13.1 Å². The van der Waals surface area contributed by atoms with Crippen LogP contribution in [0.4, 0.5) is 15.3 Å². The SMILES string of the molecule is CN(Cc1ccccc1Cl)C(=O)Nc1ccc(CN2C(=O)CSC2=O)cc1. The van der Waals surface area contributed by atoms with E-state index in [-0.39, 0.29) is 29.5 Å². The van der Waals surface area contributed by atoms with Crippen molar-refractivity contribution in [1.29, 1.82) is 0 Å². The first kappa shape index (κ1) is 19.3. The largest absolute Gasteiger partial charge is 0.323 e. The number of nitrogens with one attached hydrogen (secondary N) is 1. The van der Waals surface area contributed by atoms with Crippen LogP contribution in [0, 0.1) is 0 Å². The summed E-state index contributed by atoms with van der Waals surface area (Å²) in [6.07, 6.45) is 0. The van der Waals surface area contributed by atoms with Gasteiger partial charge in [0.2, 0.25) is 5.91 Å². The van der Waals surface area contributed by atoms with Gasteiger partial charge in [-0.15, -0.1) is 0 Å². The zero-order chi connectivity index (χ0) is 19.4. The van der Waals surface area contributed by atoms with Gasteiger partial charge in [0.05, 0.1) is 12.3 Å². The predicted molar refractivity (Wildman–Crippen MR) is 107 cm³/mol. The first-order valence-corrected chi connectivity index (χ1v) is 9.62. The molecule has 2 aromatic carbocycles. The molecule has 3 rings (SSSR count). The Hall–Kier alpha value is -2.51. The second-order valence-electron chi connectivity index (χ2n) is 6.11. The number of halogens is 1. The molecule has 0 saturated carbocycles. The summed E-state index contributed by atoms with van der Waals surface area (Å²) < 4.78 is 0. The molecule has 8 heteroatoms. The van der Waals surface area contributed by atoms with Gasteiger partial charge < -0.3 is 10.2 Å². The Bertz CT molecular complexity index is 857. The van der Waals surface area contributed by atoms with E-state index in [0.717, 1.165) is 22.9 Å². The second kappa shape index (κ2) is 8.45. The van der Waals surface area contributed by atoms with Crippen molar-refractivity contribution in [2.24, 2.45) is 0 Å². The van der Waals surface area contributed by atoms with Gasteiger partial charge in [-0.25, -0.2) is 4.79 Å². The highest BCUT2D eigenvalue weighted by atomic mass is 35.5.